The molecule has 0 bridgehead atoms. The maximum atomic E-state index is 11.6. The molecule has 0 spiro atoms. The minimum atomic E-state index is -0.226. The minimum absolute atomic E-state index is 0.0186. The molecular formula is C24H24ClN5O3S. The molecule has 0 saturated heterocycles. The molecule has 0 fully saturated rings. The second-order valence-electron chi connectivity index (χ2n) is 7.74. The Kier molecular flexibility index (Phi) is 7.44. The number of thiazole rings is 1. The van der Waals surface area contributed by atoms with Crippen molar-refractivity contribution in [2.75, 3.05) is 18.9 Å². The summed E-state index contributed by atoms with van der Waals surface area (Å²) in [5, 5.41) is 6.45. The van der Waals surface area contributed by atoms with Crippen molar-refractivity contribution in [2.24, 2.45) is 0 Å². The van der Waals surface area contributed by atoms with Gasteiger partial charge in [-0.1, -0.05) is 17.7 Å². The summed E-state index contributed by atoms with van der Waals surface area (Å²) in [4.78, 5) is 26.2. The van der Waals surface area contributed by atoms with Gasteiger partial charge in [0.2, 0.25) is 5.91 Å². The monoisotopic (exact) mass is 497 g/mol. The minimum Gasteiger partial charge on any atom is -0.488 e. The molecule has 0 aliphatic rings. The molecule has 2 heterocycles. The highest BCUT2D eigenvalue weighted by atomic mass is 35.5. The third kappa shape index (κ3) is 5.73. The second-order valence-corrected chi connectivity index (χ2v) is 8.87. The van der Waals surface area contributed by atoms with Crippen LogP contribution in [0.4, 0.5) is 11.5 Å². The van der Waals surface area contributed by atoms with E-state index in [0.717, 1.165) is 22.3 Å². The Hall–Kier alpha value is -3.43. The number of carbonyl (C=O) groups excluding carboxylic acids is 1. The van der Waals surface area contributed by atoms with Gasteiger partial charge < -0.3 is 19.7 Å². The maximum absolute atomic E-state index is 11.6. The Balaban J connectivity index is 1.55. The molecule has 1 N–H and O–H groups in total. The van der Waals surface area contributed by atoms with Gasteiger partial charge in [-0.2, -0.15) is 0 Å². The highest BCUT2D eigenvalue weighted by Gasteiger charge is 2.15. The van der Waals surface area contributed by atoms with Crippen LogP contribution in [-0.4, -0.2) is 45.5 Å². The summed E-state index contributed by atoms with van der Waals surface area (Å²) in [5.74, 6) is 1.76. The van der Waals surface area contributed by atoms with Crippen LogP contribution in [-0.2, 0) is 11.4 Å². The number of amides is 1. The summed E-state index contributed by atoms with van der Waals surface area (Å²) < 4.78 is 12.0. The molecular weight excluding hydrogens is 474 g/mol. The zero-order valence-electron chi connectivity index (χ0n) is 19.0. The molecule has 1 atom stereocenters. The number of nitrogens with zero attached hydrogens (tertiary/aromatic N) is 4. The Morgan fingerprint density at radius 2 is 2.06 bits per heavy atom. The third-order valence-electron chi connectivity index (χ3n) is 5.08. The molecule has 2 aromatic carbocycles. The van der Waals surface area contributed by atoms with Crippen molar-refractivity contribution in [3.63, 3.8) is 0 Å². The Morgan fingerprint density at radius 3 is 2.79 bits per heavy atom. The largest absolute Gasteiger partial charge is 0.488 e. The van der Waals surface area contributed by atoms with Crippen molar-refractivity contribution < 1.29 is 14.3 Å². The molecule has 34 heavy (non-hydrogen) atoms. The summed E-state index contributed by atoms with van der Waals surface area (Å²) in [6.07, 6.45) is 1.27. The lowest BCUT2D eigenvalue weighted by atomic mass is 10.2. The molecule has 0 aliphatic carbocycles. The van der Waals surface area contributed by atoms with Gasteiger partial charge in [-0.3, -0.25) is 4.79 Å². The van der Waals surface area contributed by atoms with Crippen LogP contribution in [0.2, 0.25) is 5.02 Å². The van der Waals surface area contributed by atoms with Crippen LogP contribution in [0.5, 0.6) is 11.5 Å². The highest BCUT2D eigenvalue weighted by molar-refractivity contribution is 7.07. The zero-order chi connectivity index (χ0) is 24.1. The molecule has 4 aromatic rings. The van der Waals surface area contributed by atoms with Gasteiger partial charge in [-0.05, 0) is 37.3 Å². The molecule has 0 saturated carbocycles. The molecule has 0 aliphatic heterocycles. The van der Waals surface area contributed by atoms with E-state index in [0.29, 0.717) is 35.5 Å². The van der Waals surface area contributed by atoms with Gasteiger partial charge in [0.15, 0.2) is 0 Å². The number of ether oxygens (including phenoxy) is 2. The lowest BCUT2D eigenvalue weighted by Crippen LogP contribution is -2.34. The van der Waals surface area contributed by atoms with Crippen LogP contribution in [0, 0.1) is 0 Å². The average molecular weight is 498 g/mol. The number of likely N-dealkylation sites (N-methyl/N-ethyl adjacent to an activating group) is 1. The van der Waals surface area contributed by atoms with Crippen LogP contribution in [0.3, 0.4) is 0 Å². The van der Waals surface area contributed by atoms with E-state index in [1.807, 2.05) is 36.6 Å². The van der Waals surface area contributed by atoms with E-state index < -0.39 is 0 Å². The van der Waals surface area contributed by atoms with Crippen molar-refractivity contribution in [3.8, 4) is 11.5 Å². The predicted molar refractivity (Wildman–Crippen MR) is 134 cm³/mol. The summed E-state index contributed by atoms with van der Waals surface area (Å²) in [5.41, 5.74) is 4.09. The molecule has 4 rings (SSSR count). The van der Waals surface area contributed by atoms with E-state index in [2.05, 4.69) is 20.3 Å². The van der Waals surface area contributed by atoms with Crippen LogP contribution < -0.4 is 14.8 Å². The lowest BCUT2D eigenvalue weighted by molar-refractivity contribution is -0.128. The van der Waals surface area contributed by atoms with E-state index in [4.69, 9.17) is 21.1 Å². The van der Waals surface area contributed by atoms with Crippen LogP contribution >= 0.6 is 22.9 Å². The molecule has 10 heteroatoms. The quantitative estimate of drug-likeness (QED) is 0.335. The first kappa shape index (κ1) is 23.7. The standard InChI is InChI=1S/C24H24ClN5O3S/c1-15(10-30(3)16(2)31)33-22-6-4-5-20-23(22)24(27-13-26-20)29-17-7-8-21(19(25)9-17)32-11-18-12-34-14-28-18/h4-9,12-15H,10-11H2,1-3H3,(H,26,27,29)/t15-/m1/s1. The average Bonchev–Trinajstić information content (AvgIpc) is 3.32. The summed E-state index contributed by atoms with van der Waals surface area (Å²) in [6, 6.07) is 11.1. The second kappa shape index (κ2) is 10.7. The van der Waals surface area contributed by atoms with Crippen molar-refractivity contribution in [1.29, 1.82) is 0 Å². The van der Waals surface area contributed by atoms with Crippen LogP contribution in [0.1, 0.15) is 19.5 Å². The van der Waals surface area contributed by atoms with Crippen molar-refractivity contribution in [1.82, 2.24) is 19.9 Å². The zero-order valence-corrected chi connectivity index (χ0v) is 20.6. The van der Waals surface area contributed by atoms with Crippen molar-refractivity contribution >= 4 is 51.3 Å². The van der Waals surface area contributed by atoms with Gasteiger partial charge in [0.1, 0.15) is 36.4 Å². The number of halogens is 1. The number of benzene rings is 2. The summed E-state index contributed by atoms with van der Waals surface area (Å²) in [6.45, 7) is 4.25. The van der Waals surface area contributed by atoms with E-state index in [-0.39, 0.29) is 12.0 Å². The Labute approximate surface area is 206 Å². The number of nitrogens with one attached hydrogen (secondary N) is 1. The summed E-state index contributed by atoms with van der Waals surface area (Å²) >= 11 is 7.97. The number of hydrogen-bond donors (Lipinski definition) is 1. The van der Waals surface area contributed by atoms with Gasteiger partial charge in [0.05, 0.1) is 33.7 Å². The number of carbonyl (C=O) groups is 1. The molecule has 0 unspecified atom stereocenters. The Bertz CT molecular complexity index is 1280. The van der Waals surface area contributed by atoms with Gasteiger partial charge in [-0.15, -0.1) is 11.3 Å². The fourth-order valence-corrected chi connectivity index (χ4v) is 4.11. The SMILES string of the molecule is CC(=O)N(C)C[C@@H](C)Oc1cccc2ncnc(Nc3ccc(OCc4cscn4)c(Cl)c3)c12. The summed E-state index contributed by atoms with van der Waals surface area (Å²) in [7, 11) is 1.75. The number of aromatic nitrogens is 3. The first-order valence-corrected chi connectivity index (χ1v) is 11.9. The van der Waals surface area contributed by atoms with Gasteiger partial charge in [0, 0.05) is 25.0 Å². The normalized spacial score (nSPS) is 11.8. The van der Waals surface area contributed by atoms with Crippen molar-refractivity contribution in [2.45, 2.75) is 26.6 Å². The fourth-order valence-electron chi connectivity index (χ4n) is 3.33. The first-order valence-electron chi connectivity index (χ1n) is 10.6. The molecule has 2 aromatic heterocycles. The number of hydrogen-bond acceptors (Lipinski definition) is 8. The fraction of sp³-hybridized carbons (Fsp3) is 0.250. The lowest BCUT2D eigenvalue weighted by Gasteiger charge is -2.22. The molecule has 1 amide bonds. The van der Waals surface area contributed by atoms with Gasteiger partial charge in [0.25, 0.3) is 0 Å². The topological polar surface area (TPSA) is 89.5 Å². The number of anilines is 2. The van der Waals surface area contributed by atoms with Gasteiger partial charge >= 0.3 is 0 Å². The van der Waals surface area contributed by atoms with E-state index in [1.165, 1.54) is 24.6 Å². The van der Waals surface area contributed by atoms with E-state index >= 15 is 0 Å². The number of fused-ring (bicyclic) bond motifs is 1. The number of rotatable bonds is 9. The van der Waals surface area contributed by atoms with Crippen LogP contribution in [0.15, 0.2) is 53.6 Å². The van der Waals surface area contributed by atoms with Crippen molar-refractivity contribution in [3.05, 3.63) is 64.3 Å². The highest BCUT2D eigenvalue weighted by Crippen LogP contribution is 2.34. The third-order valence-corrected chi connectivity index (χ3v) is 6.01. The Morgan fingerprint density at radius 1 is 1.21 bits per heavy atom. The molecule has 8 nitrogen and oxygen atoms in total. The van der Waals surface area contributed by atoms with Gasteiger partial charge in [-0.25, -0.2) is 15.0 Å². The molecule has 176 valence electrons. The molecule has 0 radical (unpaired) electrons. The predicted octanol–water partition coefficient (Wildman–Crippen LogP) is 5.31. The first-order chi connectivity index (χ1) is 16.4. The van der Waals surface area contributed by atoms with Crippen LogP contribution in [0.25, 0.3) is 10.9 Å². The van der Waals surface area contributed by atoms with E-state index in [9.17, 15) is 4.79 Å². The maximum Gasteiger partial charge on any atom is 0.219 e. The van der Waals surface area contributed by atoms with E-state index in [1.54, 1.807) is 29.6 Å². The smallest absolute Gasteiger partial charge is 0.219 e.